The normalized spacial score (nSPS) is 10.8. The molecule has 0 atom stereocenters. The van der Waals surface area contributed by atoms with E-state index in [4.69, 9.17) is 23.2 Å². The van der Waals surface area contributed by atoms with Gasteiger partial charge in [0.1, 0.15) is 0 Å². The molecule has 7 nitrogen and oxygen atoms in total. The predicted octanol–water partition coefficient (Wildman–Crippen LogP) is 5.61. The van der Waals surface area contributed by atoms with E-state index in [0.29, 0.717) is 32.5 Å². The molecule has 9 heteroatoms. The van der Waals surface area contributed by atoms with Crippen LogP contribution in [0.5, 0.6) is 0 Å². The molecule has 1 aromatic heterocycles. The standard InChI is InChI=1S/C23H19Cl2N5O2/c1-30(2)20-10-7-13(21-15-5-3-4-6-16(15)22(31)29-28-21)11-19(20)27-23(32)26-18-9-8-14(24)12-17(18)25/h3-12H,1-2H3,(H,29,31)(H2,26,27,32). The Kier molecular flexibility index (Phi) is 6.03. The second-order valence-corrected chi connectivity index (χ2v) is 8.12. The van der Waals surface area contributed by atoms with Gasteiger partial charge >= 0.3 is 6.03 Å². The van der Waals surface area contributed by atoms with Gasteiger partial charge in [-0.2, -0.15) is 5.10 Å². The number of benzene rings is 3. The molecule has 162 valence electrons. The Bertz CT molecular complexity index is 1380. The van der Waals surface area contributed by atoms with Gasteiger partial charge in [-0.05, 0) is 36.4 Å². The third kappa shape index (κ3) is 4.39. The van der Waals surface area contributed by atoms with Crippen molar-refractivity contribution in [3.8, 4) is 11.3 Å². The van der Waals surface area contributed by atoms with Gasteiger partial charge in [-0.3, -0.25) is 4.79 Å². The Balaban J connectivity index is 1.71. The van der Waals surface area contributed by atoms with E-state index in [9.17, 15) is 9.59 Å². The molecule has 0 fully saturated rings. The van der Waals surface area contributed by atoms with Crippen LogP contribution in [0.4, 0.5) is 21.9 Å². The van der Waals surface area contributed by atoms with E-state index < -0.39 is 6.03 Å². The number of fused-ring (bicyclic) bond motifs is 1. The zero-order chi connectivity index (χ0) is 22.8. The topological polar surface area (TPSA) is 90.1 Å². The SMILES string of the molecule is CN(C)c1ccc(-c2n[nH]c(=O)c3ccccc23)cc1NC(=O)Nc1ccc(Cl)cc1Cl. The largest absolute Gasteiger partial charge is 0.376 e. The van der Waals surface area contributed by atoms with Crippen molar-refractivity contribution in [3.63, 3.8) is 0 Å². The summed E-state index contributed by atoms with van der Waals surface area (Å²) in [4.78, 5) is 26.7. The third-order valence-corrected chi connectivity index (χ3v) is 5.42. The maximum absolute atomic E-state index is 12.7. The van der Waals surface area contributed by atoms with Crippen molar-refractivity contribution in [1.82, 2.24) is 10.2 Å². The van der Waals surface area contributed by atoms with Crippen LogP contribution in [0.3, 0.4) is 0 Å². The zero-order valence-corrected chi connectivity index (χ0v) is 18.8. The maximum Gasteiger partial charge on any atom is 0.323 e. The van der Waals surface area contributed by atoms with E-state index in [0.717, 1.165) is 16.6 Å². The molecule has 4 aromatic rings. The first-order chi connectivity index (χ1) is 15.3. The summed E-state index contributed by atoms with van der Waals surface area (Å²) in [5.74, 6) is 0. The highest BCUT2D eigenvalue weighted by atomic mass is 35.5. The molecule has 0 aliphatic rings. The second kappa shape index (κ2) is 8.90. The molecular formula is C23H19Cl2N5O2. The average Bonchev–Trinajstić information content (AvgIpc) is 2.76. The number of halogens is 2. The first-order valence-electron chi connectivity index (χ1n) is 9.65. The Morgan fingerprint density at radius 2 is 1.66 bits per heavy atom. The summed E-state index contributed by atoms with van der Waals surface area (Å²) in [7, 11) is 3.75. The molecule has 0 spiro atoms. The molecule has 0 aliphatic carbocycles. The number of nitrogens with one attached hydrogen (secondary N) is 3. The smallest absolute Gasteiger partial charge is 0.323 e. The van der Waals surface area contributed by atoms with Crippen LogP contribution in [-0.2, 0) is 0 Å². The van der Waals surface area contributed by atoms with E-state index in [-0.39, 0.29) is 5.56 Å². The molecular weight excluding hydrogens is 449 g/mol. The van der Waals surface area contributed by atoms with Crippen LogP contribution in [0, 0.1) is 0 Å². The lowest BCUT2D eigenvalue weighted by atomic mass is 10.0. The molecule has 1 heterocycles. The summed E-state index contributed by atoms with van der Waals surface area (Å²) in [5, 5.41) is 14.5. The van der Waals surface area contributed by atoms with Gasteiger partial charge in [-0.25, -0.2) is 9.89 Å². The van der Waals surface area contributed by atoms with Crippen molar-refractivity contribution in [2.24, 2.45) is 0 Å². The van der Waals surface area contributed by atoms with Gasteiger partial charge in [0, 0.05) is 30.1 Å². The van der Waals surface area contributed by atoms with Crippen LogP contribution < -0.4 is 21.1 Å². The van der Waals surface area contributed by atoms with Gasteiger partial charge in [0.25, 0.3) is 5.56 Å². The molecule has 0 bridgehead atoms. The fraction of sp³-hybridized carbons (Fsp3) is 0.0870. The molecule has 0 aliphatic heterocycles. The van der Waals surface area contributed by atoms with E-state index in [2.05, 4.69) is 20.8 Å². The van der Waals surface area contributed by atoms with E-state index >= 15 is 0 Å². The first kappa shape index (κ1) is 21.7. The molecule has 3 N–H and O–H groups in total. The van der Waals surface area contributed by atoms with E-state index in [1.165, 1.54) is 0 Å². The highest BCUT2D eigenvalue weighted by Crippen LogP contribution is 2.32. The number of H-pyrrole nitrogens is 1. The molecule has 4 rings (SSSR count). The Morgan fingerprint density at radius 1 is 0.938 bits per heavy atom. The quantitative estimate of drug-likeness (QED) is 0.363. The minimum Gasteiger partial charge on any atom is -0.376 e. The molecule has 0 radical (unpaired) electrons. The van der Waals surface area contributed by atoms with Crippen molar-refractivity contribution in [3.05, 3.63) is 81.1 Å². The lowest BCUT2D eigenvalue weighted by Gasteiger charge is -2.19. The lowest BCUT2D eigenvalue weighted by molar-refractivity contribution is 0.262. The van der Waals surface area contributed by atoms with Crippen LogP contribution in [0.15, 0.2) is 65.5 Å². The summed E-state index contributed by atoms with van der Waals surface area (Å²) < 4.78 is 0. The number of hydrogen-bond donors (Lipinski definition) is 3. The van der Waals surface area contributed by atoms with E-state index in [1.807, 2.05) is 49.3 Å². The second-order valence-electron chi connectivity index (χ2n) is 7.28. The van der Waals surface area contributed by atoms with E-state index in [1.54, 1.807) is 30.3 Å². The minimum atomic E-state index is -0.464. The van der Waals surface area contributed by atoms with Gasteiger partial charge in [-0.15, -0.1) is 0 Å². The number of rotatable bonds is 4. The van der Waals surface area contributed by atoms with Crippen LogP contribution in [-0.4, -0.2) is 30.3 Å². The highest BCUT2D eigenvalue weighted by Gasteiger charge is 2.14. The number of nitrogens with zero attached hydrogens (tertiary/aromatic N) is 2. The predicted molar refractivity (Wildman–Crippen MR) is 131 cm³/mol. The van der Waals surface area contributed by atoms with Crippen molar-refractivity contribution < 1.29 is 4.79 Å². The number of amides is 2. The van der Waals surface area contributed by atoms with Crippen molar-refractivity contribution in [2.75, 3.05) is 29.6 Å². The number of aromatic nitrogens is 2. The summed E-state index contributed by atoms with van der Waals surface area (Å²) in [5.41, 5.74) is 2.88. The van der Waals surface area contributed by atoms with Gasteiger partial charge in [0.15, 0.2) is 0 Å². The Morgan fingerprint density at radius 3 is 2.38 bits per heavy atom. The molecule has 2 amide bonds. The number of urea groups is 1. The number of anilines is 3. The summed E-state index contributed by atoms with van der Waals surface area (Å²) >= 11 is 12.1. The van der Waals surface area contributed by atoms with Crippen LogP contribution in [0.1, 0.15) is 0 Å². The first-order valence-corrected chi connectivity index (χ1v) is 10.4. The third-order valence-electron chi connectivity index (χ3n) is 4.88. The lowest BCUT2D eigenvalue weighted by Crippen LogP contribution is -2.22. The number of carbonyl (C=O) groups excluding carboxylic acids is 1. The van der Waals surface area contributed by atoms with Gasteiger partial charge in [-0.1, -0.05) is 47.5 Å². The zero-order valence-electron chi connectivity index (χ0n) is 17.2. The molecule has 0 saturated heterocycles. The van der Waals surface area contributed by atoms with Crippen LogP contribution >= 0.6 is 23.2 Å². The maximum atomic E-state index is 12.7. The van der Waals surface area contributed by atoms with Crippen LogP contribution in [0.2, 0.25) is 10.0 Å². The monoisotopic (exact) mass is 467 g/mol. The number of carbonyl (C=O) groups is 1. The highest BCUT2D eigenvalue weighted by molar-refractivity contribution is 6.36. The van der Waals surface area contributed by atoms with Crippen LogP contribution in [0.25, 0.3) is 22.0 Å². The summed E-state index contributed by atoms with van der Waals surface area (Å²) in [6.07, 6.45) is 0. The summed E-state index contributed by atoms with van der Waals surface area (Å²) in [6, 6.07) is 17.2. The molecule has 0 saturated carbocycles. The fourth-order valence-corrected chi connectivity index (χ4v) is 3.83. The average molecular weight is 468 g/mol. The van der Waals surface area contributed by atoms with Crippen molar-refractivity contribution >= 4 is 57.1 Å². The summed E-state index contributed by atoms with van der Waals surface area (Å²) in [6.45, 7) is 0. The molecule has 3 aromatic carbocycles. The Hall–Kier alpha value is -3.55. The molecule has 32 heavy (non-hydrogen) atoms. The molecule has 0 unspecified atom stereocenters. The number of hydrogen-bond acceptors (Lipinski definition) is 4. The van der Waals surface area contributed by atoms with Gasteiger partial charge in [0.05, 0.1) is 33.2 Å². The van der Waals surface area contributed by atoms with Crippen molar-refractivity contribution in [2.45, 2.75) is 0 Å². The van der Waals surface area contributed by atoms with Gasteiger partial charge in [0.2, 0.25) is 0 Å². The minimum absolute atomic E-state index is 0.258. The van der Waals surface area contributed by atoms with Crippen molar-refractivity contribution in [1.29, 1.82) is 0 Å². The fourth-order valence-electron chi connectivity index (χ4n) is 3.37. The Labute approximate surface area is 194 Å². The van der Waals surface area contributed by atoms with Gasteiger partial charge < -0.3 is 15.5 Å². The number of aromatic amines is 1.